The fourth-order valence-corrected chi connectivity index (χ4v) is 4.04. The highest BCUT2D eigenvalue weighted by Crippen LogP contribution is 2.32. The van der Waals surface area contributed by atoms with Gasteiger partial charge in [0.25, 0.3) is 0 Å². The van der Waals surface area contributed by atoms with Gasteiger partial charge in [-0.25, -0.2) is 9.48 Å². The van der Waals surface area contributed by atoms with Crippen LogP contribution in [0.5, 0.6) is 11.6 Å². The van der Waals surface area contributed by atoms with Crippen LogP contribution in [0.25, 0.3) is 16.9 Å². The summed E-state index contributed by atoms with van der Waals surface area (Å²) in [5, 5.41) is 5.39. The summed E-state index contributed by atoms with van der Waals surface area (Å²) in [4.78, 5) is 12.3. The summed E-state index contributed by atoms with van der Waals surface area (Å²) >= 11 is 12.3. The van der Waals surface area contributed by atoms with E-state index in [9.17, 15) is 18.0 Å². The van der Waals surface area contributed by atoms with Crippen LogP contribution in [0, 0.1) is 0 Å². The topological polar surface area (TPSA) is 62.6 Å². The molecule has 0 fully saturated rings. The maximum Gasteiger partial charge on any atom is 0.573 e. The van der Waals surface area contributed by atoms with Crippen molar-refractivity contribution in [3.05, 3.63) is 94.0 Å². The van der Waals surface area contributed by atoms with E-state index in [4.69, 9.17) is 32.7 Å². The lowest BCUT2D eigenvalue weighted by Crippen LogP contribution is -2.23. The summed E-state index contributed by atoms with van der Waals surface area (Å²) < 4.78 is 54.6. The molecule has 4 aromatic rings. The summed E-state index contributed by atoms with van der Waals surface area (Å²) in [5.41, 5.74) is 2.08. The van der Waals surface area contributed by atoms with Gasteiger partial charge in [0, 0.05) is 21.7 Å². The lowest BCUT2D eigenvalue weighted by atomic mass is 10.1. The SMILES string of the molecule is CC(C)(C)OC(=O)c1ccc(COc2cc(-c3cc(Cl)cc(Cl)c3)nn2-c2ccc(OC(F)(F)F)cc2)cc1. The van der Waals surface area contributed by atoms with Crippen molar-refractivity contribution in [3.63, 3.8) is 0 Å². The molecule has 0 saturated carbocycles. The van der Waals surface area contributed by atoms with Crippen LogP contribution in [-0.2, 0) is 11.3 Å². The van der Waals surface area contributed by atoms with Gasteiger partial charge in [-0.3, -0.25) is 0 Å². The second kappa shape index (κ2) is 11.2. The van der Waals surface area contributed by atoms with Crippen molar-refractivity contribution in [2.45, 2.75) is 39.3 Å². The largest absolute Gasteiger partial charge is 0.573 e. The second-order valence-corrected chi connectivity index (χ2v) is 10.3. The number of esters is 1. The number of carbonyl (C=O) groups is 1. The smallest absolute Gasteiger partial charge is 0.473 e. The molecule has 0 aliphatic rings. The minimum Gasteiger partial charge on any atom is -0.473 e. The lowest BCUT2D eigenvalue weighted by molar-refractivity contribution is -0.274. The van der Waals surface area contributed by atoms with Crippen LogP contribution in [0.15, 0.2) is 72.8 Å². The first-order chi connectivity index (χ1) is 18.3. The third kappa shape index (κ3) is 7.91. The molecule has 0 unspecified atom stereocenters. The number of halogens is 5. The normalized spacial score (nSPS) is 11.8. The standard InChI is InChI=1S/C28H23Cl2F3N2O4/c1-27(2,3)39-26(36)18-6-4-17(5-7-18)16-37-25-15-24(19-12-20(29)14-21(30)13-19)34-35(25)22-8-10-23(11-9-22)38-28(31,32)33/h4-15H,16H2,1-3H3. The Hall–Kier alpha value is -3.69. The van der Waals surface area contributed by atoms with Crippen LogP contribution in [0.4, 0.5) is 13.2 Å². The first-order valence-corrected chi connectivity index (χ1v) is 12.4. The van der Waals surface area contributed by atoms with Gasteiger partial charge in [0.1, 0.15) is 18.0 Å². The van der Waals surface area contributed by atoms with E-state index in [1.54, 1.807) is 69.3 Å². The predicted octanol–water partition coefficient (Wildman–Crippen LogP) is 8.28. The molecule has 0 atom stereocenters. The monoisotopic (exact) mass is 578 g/mol. The Kier molecular flexibility index (Phi) is 8.13. The molecule has 0 bridgehead atoms. The van der Waals surface area contributed by atoms with E-state index in [0.717, 1.165) is 5.56 Å². The van der Waals surface area contributed by atoms with Gasteiger partial charge in [0.2, 0.25) is 5.88 Å². The molecule has 0 aliphatic heterocycles. The van der Waals surface area contributed by atoms with Crippen molar-refractivity contribution < 1.29 is 32.2 Å². The highest BCUT2D eigenvalue weighted by atomic mass is 35.5. The Morgan fingerprint density at radius 1 is 0.897 bits per heavy atom. The average Bonchev–Trinajstić information content (AvgIpc) is 3.25. The number of nitrogens with zero attached hydrogens (tertiary/aromatic N) is 2. The molecule has 1 heterocycles. The molecule has 0 aliphatic carbocycles. The molecule has 39 heavy (non-hydrogen) atoms. The zero-order valence-electron chi connectivity index (χ0n) is 21.1. The molecule has 4 rings (SSSR count). The lowest BCUT2D eigenvalue weighted by Gasteiger charge is -2.19. The maximum absolute atomic E-state index is 12.6. The number of alkyl halides is 3. The van der Waals surface area contributed by atoms with Gasteiger partial charge in [0.15, 0.2) is 0 Å². The van der Waals surface area contributed by atoms with E-state index in [0.29, 0.717) is 38.4 Å². The van der Waals surface area contributed by atoms with E-state index in [-0.39, 0.29) is 12.4 Å². The summed E-state index contributed by atoms with van der Waals surface area (Å²) in [6, 6.07) is 18.6. The minimum atomic E-state index is -4.81. The molecule has 11 heteroatoms. The van der Waals surface area contributed by atoms with Crippen LogP contribution < -0.4 is 9.47 Å². The molecular weight excluding hydrogens is 556 g/mol. The first kappa shape index (κ1) is 28.3. The number of carbonyl (C=O) groups excluding carboxylic acids is 1. The summed E-state index contributed by atoms with van der Waals surface area (Å²) in [6.45, 7) is 5.49. The molecule has 0 saturated heterocycles. The minimum absolute atomic E-state index is 0.116. The van der Waals surface area contributed by atoms with Crippen LogP contribution in [0.2, 0.25) is 10.0 Å². The van der Waals surface area contributed by atoms with Crippen molar-refractivity contribution in [2.24, 2.45) is 0 Å². The van der Waals surface area contributed by atoms with Crippen LogP contribution in [-0.4, -0.2) is 27.7 Å². The Morgan fingerprint density at radius 2 is 1.51 bits per heavy atom. The molecule has 1 aromatic heterocycles. The van der Waals surface area contributed by atoms with Crippen LogP contribution >= 0.6 is 23.2 Å². The Labute approximate surface area is 232 Å². The fourth-order valence-electron chi connectivity index (χ4n) is 3.51. The molecule has 204 valence electrons. The predicted molar refractivity (Wildman–Crippen MR) is 142 cm³/mol. The molecule has 0 spiro atoms. The van der Waals surface area contributed by atoms with E-state index in [1.165, 1.54) is 28.9 Å². The van der Waals surface area contributed by atoms with Crippen molar-refractivity contribution in [1.29, 1.82) is 0 Å². The molecule has 0 N–H and O–H groups in total. The zero-order chi connectivity index (χ0) is 28.4. The van der Waals surface area contributed by atoms with Crippen molar-refractivity contribution in [3.8, 4) is 28.6 Å². The fraction of sp³-hybridized carbons (Fsp3) is 0.214. The summed E-state index contributed by atoms with van der Waals surface area (Å²) in [6.07, 6.45) is -4.81. The number of rotatable bonds is 7. The summed E-state index contributed by atoms with van der Waals surface area (Å²) in [7, 11) is 0. The van der Waals surface area contributed by atoms with Gasteiger partial charge in [-0.15, -0.1) is 13.2 Å². The molecule has 0 amide bonds. The van der Waals surface area contributed by atoms with Crippen LogP contribution in [0.3, 0.4) is 0 Å². The Bertz CT molecular complexity index is 1440. The number of benzene rings is 3. The highest BCUT2D eigenvalue weighted by molar-refractivity contribution is 6.35. The van der Waals surface area contributed by atoms with E-state index in [1.807, 2.05) is 0 Å². The van der Waals surface area contributed by atoms with Crippen molar-refractivity contribution >= 4 is 29.2 Å². The third-order valence-electron chi connectivity index (χ3n) is 5.13. The molecule has 6 nitrogen and oxygen atoms in total. The number of ether oxygens (including phenoxy) is 3. The van der Waals surface area contributed by atoms with Gasteiger partial charge in [0.05, 0.1) is 16.9 Å². The number of hydrogen-bond acceptors (Lipinski definition) is 5. The first-order valence-electron chi connectivity index (χ1n) is 11.6. The Morgan fingerprint density at radius 3 is 2.08 bits per heavy atom. The number of aromatic nitrogens is 2. The van der Waals surface area contributed by atoms with Gasteiger partial charge < -0.3 is 14.2 Å². The second-order valence-electron chi connectivity index (χ2n) is 9.47. The van der Waals surface area contributed by atoms with Gasteiger partial charge >= 0.3 is 12.3 Å². The van der Waals surface area contributed by atoms with Gasteiger partial charge in [-0.2, -0.15) is 5.10 Å². The number of hydrogen-bond donors (Lipinski definition) is 0. The van der Waals surface area contributed by atoms with Crippen LogP contribution in [0.1, 0.15) is 36.7 Å². The summed E-state index contributed by atoms with van der Waals surface area (Å²) in [5.74, 6) is -0.495. The zero-order valence-corrected chi connectivity index (χ0v) is 22.6. The van der Waals surface area contributed by atoms with Crippen molar-refractivity contribution in [1.82, 2.24) is 9.78 Å². The van der Waals surface area contributed by atoms with Crippen molar-refractivity contribution in [2.75, 3.05) is 0 Å². The third-order valence-corrected chi connectivity index (χ3v) is 5.56. The Balaban J connectivity index is 1.60. The molecule has 0 radical (unpaired) electrons. The average molecular weight is 579 g/mol. The highest BCUT2D eigenvalue weighted by Gasteiger charge is 2.31. The van der Waals surface area contributed by atoms with Gasteiger partial charge in [-0.1, -0.05) is 35.3 Å². The molecular formula is C28H23Cl2F3N2O4. The van der Waals surface area contributed by atoms with E-state index < -0.39 is 17.9 Å². The van der Waals surface area contributed by atoms with E-state index >= 15 is 0 Å². The maximum atomic E-state index is 12.6. The quantitative estimate of drug-likeness (QED) is 0.206. The van der Waals surface area contributed by atoms with Gasteiger partial charge in [-0.05, 0) is 80.9 Å². The molecule has 3 aromatic carbocycles. The van der Waals surface area contributed by atoms with E-state index in [2.05, 4.69) is 9.84 Å².